The summed E-state index contributed by atoms with van der Waals surface area (Å²) in [7, 11) is 1.65. The number of amides is 2. The van der Waals surface area contributed by atoms with Crippen LogP contribution < -0.4 is 5.32 Å². The number of allylic oxidation sites excluding steroid dienone is 6. The minimum absolute atomic E-state index is 0.0370. The van der Waals surface area contributed by atoms with Crippen molar-refractivity contribution in [2.75, 3.05) is 13.6 Å². The number of nitrogens with one attached hydrogen (secondary N) is 1. The summed E-state index contributed by atoms with van der Waals surface area (Å²) < 4.78 is 5.83. The highest BCUT2D eigenvalue weighted by Crippen LogP contribution is 2.34. The molecule has 2 amide bonds. The van der Waals surface area contributed by atoms with Crippen LogP contribution in [-0.4, -0.2) is 35.2 Å². The van der Waals surface area contributed by atoms with Gasteiger partial charge in [-0.05, 0) is 79.2 Å². The fraction of sp³-hybridized carbons (Fsp3) is 0.310. The first-order chi connectivity index (χ1) is 16.8. The molecule has 0 aliphatic carbocycles. The van der Waals surface area contributed by atoms with E-state index in [0.29, 0.717) is 23.8 Å². The average molecular weight is 472 g/mol. The lowest BCUT2D eigenvalue weighted by Crippen LogP contribution is -2.28. The smallest absolute Gasteiger partial charge is 0.251 e. The van der Waals surface area contributed by atoms with Crippen LogP contribution >= 0.6 is 0 Å². The van der Waals surface area contributed by atoms with Crippen molar-refractivity contribution < 1.29 is 14.3 Å². The first-order valence-corrected chi connectivity index (χ1v) is 12.0. The van der Waals surface area contributed by atoms with Crippen molar-refractivity contribution in [3.05, 3.63) is 101 Å². The van der Waals surface area contributed by atoms with Crippen molar-refractivity contribution in [2.24, 2.45) is 5.92 Å². The van der Waals surface area contributed by atoms with Crippen LogP contribution in [0.2, 0.25) is 0 Å². The van der Waals surface area contributed by atoms with Gasteiger partial charge in [0.1, 0.15) is 12.0 Å². The van der Waals surface area contributed by atoms with Gasteiger partial charge in [0.05, 0.1) is 12.2 Å². The van der Waals surface area contributed by atoms with Crippen molar-refractivity contribution >= 4 is 17.4 Å². The third-order valence-electron chi connectivity index (χ3n) is 6.60. The molecular formula is C29H33N3O3. The highest BCUT2D eigenvalue weighted by atomic mass is 16.5. The maximum absolute atomic E-state index is 12.3. The summed E-state index contributed by atoms with van der Waals surface area (Å²) >= 11 is 0. The van der Waals surface area contributed by atoms with E-state index in [1.165, 1.54) is 5.57 Å². The van der Waals surface area contributed by atoms with E-state index in [0.717, 1.165) is 40.9 Å². The van der Waals surface area contributed by atoms with E-state index in [2.05, 4.69) is 55.4 Å². The number of nitrogens with zero attached hydrogens (tertiary/aromatic N) is 2. The summed E-state index contributed by atoms with van der Waals surface area (Å²) in [6, 6.07) is 5.93. The monoisotopic (exact) mass is 471 g/mol. The Hall–Kier alpha value is -3.80. The average Bonchev–Trinajstić information content (AvgIpc) is 2.85. The molecule has 1 atom stereocenters. The predicted molar refractivity (Wildman–Crippen MR) is 138 cm³/mol. The minimum atomic E-state index is -0.0876. The van der Waals surface area contributed by atoms with Crippen LogP contribution in [0, 0.1) is 5.92 Å². The van der Waals surface area contributed by atoms with Gasteiger partial charge in [-0.25, -0.2) is 0 Å². The zero-order valence-corrected chi connectivity index (χ0v) is 21.1. The van der Waals surface area contributed by atoms with Gasteiger partial charge in [-0.1, -0.05) is 19.1 Å². The third kappa shape index (κ3) is 5.32. The molecule has 1 aromatic rings. The normalized spacial score (nSPS) is 24.6. The number of ether oxygens (including phenoxy) is 1. The first-order valence-electron chi connectivity index (χ1n) is 12.0. The van der Waals surface area contributed by atoms with Crippen LogP contribution in [0.1, 0.15) is 55.6 Å². The van der Waals surface area contributed by atoms with Crippen molar-refractivity contribution in [3.63, 3.8) is 0 Å². The molecule has 1 aromatic carbocycles. The van der Waals surface area contributed by atoms with Gasteiger partial charge in [-0.2, -0.15) is 0 Å². The molecule has 4 rings (SSSR count). The number of carbonyl (C=O) groups is 2. The minimum Gasteiger partial charge on any atom is -0.466 e. The lowest BCUT2D eigenvalue weighted by Gasteiger charge is -2.31. The molecule has 0 spiro atoms. The van der Waals surface area contributed by atoms with Gasteiger partial charge >= 0.3 is 0 Å². The summed E-state index contributed by atoms with van der Waals surface area (Å²) in [5.41, 5.74) is 7.25. The topological polar surface area (TPSA) is 61.9 Å². The molecule has 182 valence electrons. The van der Waals surface area contributed by atoms with Gasteiger partial charge < -0.3 is 19.9 Å². The molecule has 6 heteroatoms. The van der Waals surface area contributed by atoms with E-state index in [4.69, 9.17) is 4.74 Å². The van der Waals surface area contributed by atoms with Gasteiger partial charge in [0, 0.05) is 43.7 Å². The highest BCUT2D eigenvalue weighted by molar-refractivity contribution is 5.94. The number of benzene rings is 1. The predicted octanol–water partition coefficient (Wildman–Crippen LogP) is 5.25. The first kappa shape index (κ1) is 24.3. The molecule has 0 saturated heterocycles. The molecule has 0 fully saturated rings. The molecule has 1 unspecified atom stereocenters. The molecule has 35 heavy (non-hydrogen) atoms. The molecule has 0 radical (unpaired) electrons. The maximum atomic E-state index is 12.3. The van der Waals surface area contributed by atoms with Crippen molar-refractivity contribution in [1.82, 2.24) is 15.1 Å². The zero-order valence-electron chi connectivity index (χ0n) is 21.1. The number of aryl methyl sites for hydroxylation is 1. The van der Waals surface area contributed by atoms with Crippen LogP contribution in [0.3, 0.4) is 0 Å². The zero-order chi connectivity index (χ0) is 25.1. The fourth-order valence-corrected chi connectivity index (χ4v) is 4.58. The molecule has 6 nitrogen and oxygen atoms in total. The van der Waals surface area contributed by atoms with Gasteiger partial charge in [-0.15, -0.1) is 0 Å². The van der Waals surface area contributed by atoms with Crippen molar-refractivity contribution in [1.29, 1.82) is 0 Å². The van der Waals surface area contributed by atoms with Crippen LogP contribution in [0.15, 0.2) is 83.9 Å². The number of rotatable bonds is 2. The Morgan fingerprint density at radius 2 is 2.00 bits per heavy atom. The van der Waals surface area contributed by atoms with Crippen LogP contribution in [-0.2, 0) is 16.0 Å². The second kappa shape index (κ2) is 10.2. The number of carbonyl (C=O) groups excluding carboxylic acids is 2. The molecule has 0 bridgehead atoms. The quantitative estimate of drug-likeness (QED) is 0.640. The maximum Gasteiger partial charge on any atom is 0.251 e. The van der Waals surface area contributed by atoms with Gasteiger partial charge in [-0.3, -0.25) is 9.59 Å². The molecule has 0 aromatic heterocycles. The van der Waals surface area contributed by atoms with E-state index in [1.807, 2.05) is 24.3 Å². The molecule has 1 N–H and O–H groups in total. The van der Waals surface area contributed by atoms with E-state index in [-0.39, 0.29) is 11.8 Å². The van der Waals surface area contributed by atoms with E-state index >= 15 is 0 Å². The third-order valence-corrected chi connectivity index (χ3v) is 6.60. The number of hydrogen-bond donors (Lipinski definition) is 1. The van der Waals surface area contributed by atoms with Gasteiger partial charge in [0.15, 0.2) is 0 Å². The SMILES string of the molecule is CNC(=O)c1ccc2c(c1)CCC(C)/C=C1\C=C(C)C=CN1C(/C=C1\CN(C(C)=O)C=CO1)=C/2C. The van der Waals surface area contributed by atoms with Crippen LogP contribution in [0.4, 0.5) is 0 Å². The summed E-state index contributed by atoms with van der Waals surface area (Å²) in [5, 5.41) is 2.73. The highest BCUT2D eigenvalue weighted by Gasteiger charge is 2.23. The Morgan fingerprint density at radius 3 is 2.74 bits per heavy atom. The fourth-order valence-electron chi connectivity index (χ4n) is 4.58. The number of hydrogen-bond acceptors (Lipinski definition) is 4. The molecule has 0 saturated carbocycles. The largest absolute Gasteiger partial charge is 0.466 e. The van der Waals surface area contributed by atoms with Crippen LogP contribution in [0.25, 0.3) is 5.57 Å². The lowest BCUT2D eigenvalue weighted by atomic mass is 9.89. The van der Waals surface area contributed by atoms with Gasteiger partial charge in [0.25, 0.3) is 5.91 Å². The summed E-state index contributed by atoms with van der Waals surface area (Å²) in [6.45, 7) is 8.35. The Morgan fingerprint density at radius 1 is 1.20 bits per heavy atom. The van der Waals surface area contributed by atoms with E-state index < -0.39 is 0 Å². The molecule has 3 aliphatic rings. The second-order valence-electron chi connectivity index (χ2n) is 9.30. The molecule has 3 aliphatic heterocycles. The van der Waals surface area contributed by atoms with E-state index in [9.17, 15) is 9.59 Å². The molecular weight excluding hydrogens is 438 g/mol. The van der Waals surface area contributed by atoms with Crippen molar-refractivity contribution in [3.8, 4) is 0 Å². The number of fused-ring (bicyclic) bond motifs is 2. The Kier molecular flexibility index (Phi) is 7.10. The summed E-state index contributed by atoms with van der Waals surface area (Å²) in [6.07, 6.45) is 15.7. The standard InChI is InChI=1S/C29H33N3O3/c1-19-6-7-23-16-24(29(34)30-5)8-9-27(23)21(3)28(32-11-10-20(2)15-25(32)14-19)17-26-18-31(22(4)33)12-13-35-26/h8-17,19H,6-7,18H2,1-5H3,(H,30,34)/b25-14+,26-17+,28-21+. The lowest BCUT2D eigenvalue weighted by molar-refractivity contribution is -0.126. The van der Waals surface area contributed by atoms with E-state index in [1.54, 1.807) is 31.3 Å². The molecule has 3 heterocycles. The Labute approximate surface area is 207 Å². The Bertz CT molecular complexity index is 1230. The summed E-state index contributed by atoms with van der Waals surface area (Å²) in [5.74, 6) is 0.902. The van der Waals surface area contributed by atoms with Gasteiger partial charge in [0.2, 0.25) is 5.91 Å². The second-order valence-corrected chi connectivity index (χ2v) is 9.30. The van der Waals surface area contributed by atoms with Crippen LogP contribution in [0.5, 0.6) is 0 Å². The Balaban J connectivity index is 1.91. The summed E-state index contributed by atoms with van der Waals surface area (Å²) in [4.78, 5) is 28.1. The van der Waals surface area contributed by atoms with Crippen molar-refractivity contribution in [2.45, 2.75) is 40.5 Å².